The standard InChI is InChI=1S/C25H27Cl2N5O2/c1-25(11-13-33-23(34-25)17-6-4-3-5-7-17)10-12-32-16-31(2)20-9-8-18(14-21(20)32)29-22-19(26)15-28-24(27)30-22/h3-9,14-15,23H,10-13,16H2,1-2H3,(H,28,29,30). The van der Waals surface area contributed by atoms with Crippen LogP contribution < -0.4 is 15.1 Å². The molecule has 7 nitrogen and oxygen atoms in total. The number of anilines is 4. The normalized spacial score (nSPS) is 22.1. The molecule has 1 N–H and O–H groups in total. The fourth-order valence-corrected chi connectivity index (χ4v) is 4.68. The van der Waals surface area contributed by atoms with Crippen molar-refractivity contribution >= 4 is 46.1 Å². The number of ether oxygens (including phenoxy) is 2. The number of hydrogen-bond acceptors (Lipinski definition) is 7. The lowest BCUT2D eigenvalue weighted by atomic mass is 9.96. The Balaban J connectivity index is 1.29. The molecule has 2 aliphatic rings. The Morgan fingerprint density at radius 2 is 1.97 bits per heavy atom. The van der Waals surface area contributed by atoms with Crippen LogP contribution in [0.5, 0.6) is 0 Å². The summed E-state index contributed by atoms with van der Waals surface area (Å²) < 4.78 is 12.4. The number of fused-ring (bicyclic) bond motifs is 1. The highest BCUT2D eigenvalue weighted by atomic mass is 35.5. The molecule has 5 rings (SSSR count). The Morgan fingerprint density at radius 3 is 2.79 bits per heavy atom. The van der Waals surface area contributed by atoms with Gasteiger partial charge in [-0.3, -0.25) is 0 Å². The molecule has 0 amide bonds. The first kappa shape index (κ1) is 23.2. The van der Waals surface area contributed by atoms with E-state index in [1.807, 2.05) is 36.4 Å². The molecule has 2 unspecified atom stereocenters. The zero-order chi connectivity index (χ0) is 23.7. The summed E-state index contributed by atoms with van der Waals surface area (Å²) in [5.74, 6) is 0.481. The van der Waals surface area contributed by atoms with Crippen molar-refractivity contribution in [2.24, 2.45) is 0 Å². The van der Waals surface area contributed by atoms with Crippen molar-refractivity contribution < 1.29 is 9.47 Å². The van der Waals surface area contributed by atoms with Crippen LogP contribution in [0.4, 0.5) is 22.9 Å². The fraction of sp³-hybridized carbons (Fsp3) is 0.360. The maximum Gasteiger partial charge on any atom is 0.224 e. The number of rotatable bonds is 6. The quantitative estimate of drug-likeness (QED) is 0.415. The summed E-state index contributed by atoms with van der Waals surface area (Å²) in [5, 5.41) is 3.82. The molecular weight excluding hydrogens is 473 g/mol. The van der Waals surface area contributed by atoms with Gasteiger partial charge in [0, 0.05) is 24.8 Å². The van der Waals surface area contributed by atoms with Crippen LogP contribution >= 0.6 is 23.2 Å². The zero-order valence-corrected chi connectivity index (χ0v) is 20.7. The Hall–Kier alpha value is -2.58. The number of aromatic nitrogens is 2. The highest BCUT2D eigenvalue weighted by molar-refractivity contribution is 6.33. The molecular formula is C25H27Cl2N5O2. The second kappa shape index (κ2) is 9.58. The first-order valence-corrected chi connectivity index (χ1v) is 12.1. The van der Waals surface area contributed by atoms with E-state index in [1.54, 1.807) is 0 Å². The molecule has 178 valence electrons. The highest BCUT2D eigenvalue weighted by Crippen LogP contribution is 2.40. The summed E-state index contributed by atoms with van der Waals surface area (Å²) in [4.78, 5) is 12.7. The molecule has 0 bridgehead atoms. The summed E-state index contributed by atoms with van der Waals surface area (Å²) in [6, 6.07) is 16.4. The number of halogens is 2. The van der Waals surface area contributed by atoms with Gasteiger partial charge in [0.15, 0.2) is 12.1 Å². The molecule has 2 aliphatic heterocycles. The molecule has 3 heterocycles. The predicted molar refractivity (Wildman–Crippen MR) is 136 cm³/mol. The number of nitrogens with zero attached hydrogens (tertiary/aromatic N) is 4. The van der Waals surface area contributed by atoms with Crippen LogP contribution in [-0.4, -0.2) is 42.4 Å². The van der Waals surface area contributed by atoms with Crippen LogP contribution in [0.3, 0.4) is 0 Å². The molecule has 1 saturated heterocycles. The van der Waals surface area contributed by atoms with Gasteiger partial charge in [0.25, 0.3) is 0 Å². The van der Waals surface area contributed by atoms with Crippen LogP contribution in [0.15, 0.2) is 54.7 Å². The first-order chi connectivity index (χ1) is 16.4. The Kier molecular flexibility index (Phi) is 6.53. The average Bonchev–Trinajstić information content (AvgIpc) is 3.16. The second-order valence-corrected chi connectivity index (χ2v) is 9.69. The SMILES string of the molecule is CN1CN(CCC2(C)CCOC(c3ccccc3)O2)c2cc(Nc3nc(Cl)ncc3Cl)ccc21. The van der Waals surface area contributed by atoms with E-state index in [9.17, 15) is 0 Å². The van der Waals surface area contributed by atoms with Gasteiger partial charge >= 0.3 is 0 Å². The van der Waals surface area contributed by atoms with Crippen LogP contribution in [0, 0.1) is 0 Å². The molecule has 2 atom stereocenters. The average molecular weight is 500 g/mol. The van der Waals surface area contributed by atoms with Crippen LogP contribution in [0.25, 0.3) is 0 Å². The Morgan fingerprint density at radius 1 is 1.15 bits per heavy atom. The monoisotopic (exact) mass is 499 g/mol. The lowest BCUT2D eigenvalue weighted by Gasteiger charge is -2.39. The minimum absolute atomic E-state index is 0.146. The van der Waals surface area contributed by atoms with E-state index in [-0.39, 0.29) is 17.2 Å². The number of nitrogens with one attached hydrogen (secondary N) is 1. The smallest absolute Gasteiger partial charge is 0.224 e. The summed E-state index contributed by atoms with van der Waals surface area (Å²) in [7, 11) is 2.10. The summed E-state index contributed by atoms with van der Waals surface area (Å²) in [5.41, 5.74) is 4.00. The fourth-order valence-electron chi connectivity index (χ4n) is 4.41. The van der Waals surface area contributed by atoms with E-state index in [2.05, 4.69) is 51.2 Å². The molecule has 2 aromatic carbocycles. The molecule has 9 heteroatoms. The van der Waals surface area contributed by atoms with E-state index in [1.165, 1.54) is 11.9 Å². The Bertz CT molecular complexity index is 1170. The van der Waals surface area contributed by atoms with Crippen molar-refractivity contribution in [2.75, 3.05) is 42.0 Å². The molecule has 0 aliphatic carbocycles. The van der Waals surface area contributed by atoms with Crippen molar-refractivity contribution in [3.05, 3.63) is 70.6 Å². The molecule has 0 saturated carbocycles. The topological polar surface area (TPSA) is 62.8 Å². The van der Waals surface area contributed by atoms with Crippen LogP contribution in [0.1, 0.15) is 31.6 Å². The van der Waals surface area contributed by atoms with Gasteiger partial charge < -0.3 is 24.6 Å². The third kappa shape index (κ3) is 4.93. The minimum atomic E-state index is -0.325. The van der Waals surface area contributed by atoms with Crippen molar-refractivity contribution in [3.63, 3.8) is 0 Å². The van der Waals surface area contributed by atoms with Crippen molar-refractivity contribution in [3.8, 4) is 0 Å². The second-order valence-electron chi connectivity index (χ2n) is 8.95. The first-order valence-electron chi connectivity index (χ1n) is 11.3. The van der Waals surface area contributed by atoms with Gasteiger partial charge in [-0.1, -0.05) is 41.9 Å². The van der Waals surface area contributed by atoms with Gasteiger partial charge in [-0.25, -0.2) is 4.98 Å². The Labute approximate surface area is 209 Å². The van der Waals surface area contributed by atoms with Gasteiger partial charge in [-0.15, -0.1) is 0 Å². The van der Waals surface area contributed by atoms with Gasteiger partial charge in [-0.2, -0.15) is 4.98 Å². The van der Waals surface area contributed by atoms with E-state index in [0.29, 0.717) is 17.4 Å². The highest BCUT2D eigenvalue weighted by Gasteiger charge is 2.35. The maximum absolute atomic E-state index is 6.45. The van der Waals surface area contributed by atoms with Gasteiger partial charge in [-0.05, 0) is 49.6 Å². The van der Waals surface area contributed by atoms with Gasteiger partial charge in [0.05, 0.1) is 36.4 Å². The molecule has 1 aromatic heterocycles. The van der Waals surface area contributed by atoms with Crippen molar-refractivity contribution in [1.82, 2.24) is 9.97 Å². The molecule has 0 radical (unpaired) electrons. The summed E-state index contributed by atoms with van der Waals surface area (Å²) >= 11 is 12.2. The minimum Gasteiger partial charge on any atom is -0.355 e. The molecule has 1 fully saturated rings. The van der Waals surface area contributed by atoms with E-state index >= 15 is 0 Å². The van der Waals surface area contributed by atoms with E-state index in [0.717, 1.165) is 43.0 Å². The van der Waals surface area contributed by atoms with Gasteiger partial charge in [0.2, 0.25) is 5.28 Å². The predicted octanol–water partition coefficient (Wildman–Crippen LogP) is 6.03. The summed E-state index contributed by atoms with van der Waals surface area (Å²) in [6.07, 6.45) is 2.91. The van der Waals surface area contributed by atoms with Crippen LogP contribution in [0.2, 0.25) is 10.3 Å². The number of benzene rings is 2. The number of hydrogen-bond donors (Lipinski definition) is 1. The zero-order valence-electron chi connectivity index (χ0n) is 19.2. The van der Waals surface area contributed by atoms with Crippen molar-refractivity contribution in [1.29, 1.82) is 0 Å². The van der Waals surface area contributed by atoms with Crippen molar-refractivity contribution in [2.45, 2.75) is 31.7 Å². The lowest BCUT2D eigenvalue weighted by Crippen LogP contribution is -2.41. The molecule has 3 aromatic rings. The molecule has 34 heavy (non-hydrogen) atoms. The van der Waals surface area contributed by atoms with E-state index in [4.69, 9.17) is 32.7 Å². The maximum atomic E-state index is 6.45. The third-order valence-corrected chi connectivity index (χ3v) is 6.82. The van der Waals surface area contributed by atoms with E-state index < -0.39 is 0 Å². The van der Waals surface area contributed by atoms with Crippen LogP contribution in [-0.2, 0) is 9.47 Å². The lowest BCUT2D eigenvalue weighted by molar-refractivity contribution is -0.256. The third-order valence-electron chi connectivity index (χ3n) is 6.36. The van der Waals surface area contributed by atoms with Gasteiger partial charge in [0.1, 0.15) is 5.02 Å². The summed E-state index contributed by atoms with van der Waals surface area (Å²) in [6.45, 7) is 4.54. The molecule has 0 spiro atoms. The largest absolute Gasteiger partial charge is 0.355 e.